The minimum atomic E-state index is -4.37. The molecule has 4 nitrogen and oxygen atoms in total. The second-order valence-corrected chi connectivity index (χ2v) is 5.73. The van der Waals surface area contributed by atoms with Crippen molar-refractivity contribution in [3.05, 3.63) is 29.8 Å². The van der Waals surface area contributed by atoms with Gasteiger partial charge in [-0.3, -0.25) is 4.79 Å². The Morgan fingerprint density at radius 3 is 2.48 bits per heavy atom. The summed E-state index contributed by atoms with van der Waals surface area (Å²) in [5, 5.41) is 3.23. The van der Waals surface area contributed by atoms with E-state index in [4.69, 9.17) is 4.74 Å². The third-order valence-corrected chi connectivity index (χ3v) is 4.12. The van der Waals surface area contributed by atoms with Gasteiger partial charge in [0.15, 0.2) is 0 Å². The summed E-state index contributed by atoms with van der Waals surface area (Å²) in [6.07, 6.45) is -4.04. The summed E-state index contributed by atoms with van der Waals surface area (Å²) in [6, 6.07) is 5.66. The number of nitrogens with zero attached hydrogens (tertiary/aromatic N) is 1. The van der Waals surface area contributed by atoms with Crippen molar-refractivity contribution in [3.8, 4) is 5.75 Å². The molecule has 1 heterocycles. The molecule has 0 radical (unpaired) electrons. The lowest BCUT2D eigenvalue weighted by Crippen LogP contribution is -2.56. The van der Waals surface area contributed by atoms with Crippen LogP contribution in [0.1, 0.15) is 25.3 Å². The minimum absolute atomic E-state index is 0.0661. The van der Waals surface area contributed by atoms with Crippen molar-refractivity contribution in [2.45, 2.75) is 44.6 Å². The Morgan fingerprint density at radius 2 is 1.96 bits per heavy atom. The summed E-state index contributed by atoms with van der Waals surface area (Å²) in [6.45, 7) is 1.80. The predicted molar refractivity (Wildman–Crippen MR) is 80.1 cm³/mol. The number of ether oxygens (including phenoxy) is 1. The van der Waals surface area contributed by atoms with Gasteiger partial charge < -0.3 is 15.0 Å². The highest BCUT2D eigenvalue weighted by Crippen LogP contribution is 2.32. The molecule has 1 amide bonds. The van der Waals surface area contributed by atoms with Crippen LogP contribution in [-0.2, 0) is 11.3 Å². The summed E-state index contributed by atoms with van der Waals surface area (Å²) in [4.78, 5) is 12.5. The fourth-order valence-electron chi connectivity index (χ4n) is 2.83. The Balaban J connectivity index is 1.93. The quantitative estimate of drug-likeness (QED) is 0.923. The molecule has 2 unspecified atom stereocenters. The first-order chi connectivity index (χ1) is 10.8. The fraction of sp³-hybridized carbons (Fsp3) is 0.562. The first-order valence-corrected chi connectivity index (χ1v) is 7.51. The number of carbonyl (C=O) groups is 1. The lowest BCUT2D eigenvalue weighted by atomic mass is 9.97. The fourth-order valence-corrected chi connectivity index (χ4v) is 2.83. The molecule has 2 atom stereocenters. The highest BCUT2D eigenvalue weighted by atomic mass is 19.4. The van der Waals surface area contributed by atoms with Crippen LogP contribution >= 0.6 is 0 Å². The van der Waals surface area contributed by atoms with E-state index in [-0.39, 0.29) is 19.0 Å². The van der Waals surface area contributed by atoms with Gasteiger partial charge in [-0.25, -0.2) is 0 Å². The van der Waals surface area contributed by atoms with Gasteiger partial charge in [0.25, 0.3) is 0 Å². The summed E-state index contributed by atoms with van der Waals surface area (Å²) in [5.41, 5.74) is 1.01. The summed E-state index contributed by atoms with van der Waals surface area (Å²) in [5.74, 6) is 0.213. The van der Waals surface area contributed by atoms with Crippen molar-refractivity contribution in [2.75, 3.05) is 13.7 Å². The molecule has 0 spiro atoms. The van der Waals surface area contributed by atoms with Crippen LogP contribution in [0.5, 0.6) is 5.75 Å². The van der Waals surface area contributed by atoms with E-state index < -0.39 is 18.1 Å². The largest absolute Gasteiger partial charge is 0.497 e. The number of halogens is 3. The van der Waals surface area contributed by atoms with Gasteiger partial charge in [-0.15, -0.1) is 0 Å². The highest BCUT2D eigenvalue weighted by molar-refractivity contribution is 5.74. The van der Waals surface area contributed by atoms with Gasteiger partial charge in [0.05, 0.1) is 7.11 Å². The van der Waals surface area contributed by atoms with Crippen LogP contribution in [0, 0.1) is 0 Å². The van der Waals surface area contributed by atoms with Gasteiger partial charge in [0.2, 0.25) is 5.91 Å². The Bertz CT molecular complexity index is 531. The van der Waals surface area contributed by atoms with Gasteiger partial charge in [-0.2, -0.15) is 13.2 Å². The first-order valence-electron chi connectivity index (χ1n) is 7.51. The topological polar surface area (TPSA) is 41.6 Å². The van der Waals surface area contributed by atoms with Crippen LogP contribution in [0.2, 0.25) is 0 Å². The van der Waals surface area contributed by atoms with Gasteiger partial charge in [0, 0.05) is 26.1 Å². The van der Waals surface area contributed by atoms with Gasteiger partial charge >= 0.3 is 6.18 Å². The molecule has 2 rings (SSSR count). The number of methoxy groups -OCH3 is 1. The van der Waals surface area contributed by atoms with Crippen molar-refractivity contribution in [3.63, 3.8) is 0 Å². The molecular formula is C16H21F3N2O2. The zero-order valence-corrected chi connectivity index (χ0v) is 13.2. The second kappa shape index (κ2) is 7.21. The van der Waals surface area contributed by atoms with E-state index in [1.165, 1.54) is 6.92 Å². The molecule has 0 saturated carbocycles. The van der Waals surface area contributed by atoms with Gasteiger partial charge in [-0.1, -0.05) is 12.1 Å². The number of benzene rings is 1. The molecule has 1 aliphatic heterocycles. The molecule has 1 aromatic rings. The maximum absolute atomic E-state index is 13.0. The molecule has 0 aliphatic carbocycles. The van der Waals surface area contributed by atoms with Crippen molar-refractivity contribution in [2.24, 2.45) is 0 Å². The molecule has 128 valence electrons. The van der Waals surface area contributed by atoms with Crippen LogP contribution in [0.25, 0.3) is 0 Å². The van der Waals surface area contributed by atoms with E-state index in [0.717, 1.165) is 16.2 Å². The smallest absolute Gasteiger partial charge is 0.408 e. The summed E-state index contributed by atoms with van der Waals surface area (Å²) in [7, 11) is 1.59. The molecule has 0 aromatic heterocycles. The number of likely N-dealkylation sites (tertiary alicyclic amines) is 1. The van der Waals surface area contributed by atoms with E-state index in [9.17, 15) is 18.0 Å². The van der Waals surface area contributed by atoms with E-state index >= 15 is 0 Å². The van der Waals surface area contributed by atoms with Crippen molar-refractivity contribution < 1.29 is 22.7 Å². The molecule has 1 aromatic carbocycles. The van der Waals surface area contributed by atoms with Gasteiger partial charge in [0.1, 0.15) is 11.8 Å². The molecule has 1 saturated heterocycles. The monoisotopic (exact) mass is 330 g/mol. The molecule has 1 N–H and O–H groups in total. The van der Waals surface area contributed by atoms with Crippen LogP contribution in [0.4, 0.5) is 13.2 Å². The highest BCUT2D eigenvalue weighted by Gasteiger charge is 2.47. The lowest BCUT2D eigenvalue weighted by Gasteiger charge is -2.40. The number of nitrogens with one attached hydrogen (secondary N) is 1. The van der Waals surface area contributed by atoms with Crippen molar-refractivity contribution >= 4 is 5.91 Å². The maximum Gasteiger partial charge on any atom is 0.408 e. The molecular weight excluding hydrogens is 309 g/mol. The van der Waals surface area contributed by atoms with Crippen LogP contribution < -0.4 is 10.1 Å². The predicted octanol–water partition coefficient (Wildman–Crippen LogP) is 2.73. The average Bonchev–Trinajstić information content (AvgIpc) is 2.52. The minimum Gasteiger partial charge on any atom is -0.497 e. The number of rotatable bonds is 4. The Morgan fingerprint density at radius 1 is 1.30 bits per heavy atom. The van der Waals surface area contributed by atoms with Crippen molar-refractivity contribution in [1.29, 1.82) is 0 Å². The van der Waals surface area contributed by atoms with E-state index in [2.05, 4.69) is 5.32 Å². The third-order valence-electron chi connectivity index (χ3n) is 4.12. The zero-order chi connectivity index (χ0) is 17.0. The normalized spacial score (nSPS) is 22.0. The number of carbonyl (C=O) groups excluding carboxylic acids is 1. The third kappa shape index (κ3) is 4.60. The molecule has 7 heteroatoms. The first kappa shape index (κ1) is 17.6. The Labute approximate surface area is 133 Å². The number of hydrogen-bond acceptors (Lipinski definition) is 3. The van der Waals surface area contributed by atoms with E-state index in [1.54, 1.807) is 7.11 Å². The van der Waals surface area contributed by atoms with Gasteiger partial charge in [-0.05, 0) is 30.5 Å². The Hall–Kier alpha value is -1.76. The van der Waals surface area contributed by atoms with E-state index in [0.29, 0.717) is 13.0 Å². The second-order valence-electron chi connectivity index (χ2n) is 5.73. The van der Waals surface area contributed by atoms with Crippen molar-refractivity contribution in [1.82, 2.24) is 10.2 Å². The molecule has 23 heavy (non-hydrogen) atoms. The van der Waals surface area contributed by atoms with Crippen LogP contribution in [-0.4, -0.2) is 42.7 Å². The van der Waals surface area contributed by atoms with E-state index in [1.807, 2.05) is 24.3 Å². The summed E-state index contributed by atoms with van der Waals surface area (Å²) >= 11 is 0. The number of alkyl halides is 3. The maximum atomic E-state index is 13.0. The standard InChI is InChI=1S/C16H21F3N2O2/c1-11(22)21-10-13(5-8-15(21)16(17,18)19)20-9-12-3-6-14(23-2)7-4-12/h3-4,6-7,13,15,20H,5,8-10H2,1-2H3. The van der Waals surface area contributed by atoms with Crippen LogP contribution in [0.15, 0.2) is 24.3 Å². The Kier molecular flexibility index (Phi) is 5.51. The number of piperidine rings is 1. The summed E-state index contributed by atoms with van der Waals surface area (Å²) < 4.78 is 44.0. The average molecular weight is 330 g/mol. The number of amides is 1. The SMILES string of the molecule is COc1ccc(CNC2CCC(C(F)(F)F)N(C(C)=O)C2)cc1. The molecule has 1 aliphatic rings. The van der Waals surface area contributed by atoms with Crippen LogP contribution in [0.3, 0.4) is 0 Å². The number of hydrogen-bond donors (Lipinski definition) is 1. The zero-order valence-electron chi connectivity index (χ0n) is 13.2. The lowest BCUT2D eigenvalue weighted by molar-refractivity contribution is -0.196. The molecule has 1 fully saturated rings. The molecule has 0 bridgehead atoms.